The molecular weight excluding hydrogens is 210 g/mol. The molecule has 15 heavy (non-hydrogen) atoms. The quantitative estimate of drug-likeness (QED) is 0.800. The molecule has 3 nitrogen and oxygen atoms in total. The predicted octanol–water partition coefficient (Wildman–Crippen LogP) is 2.08. The number of carbonyl (C=O) groups excluding carboxylic acids is 1. The molecule has 0 spiro atoms. The minimum absolute atomic E-state index is 0.00806. The molecule has 0 radical (unpaired) electrons. The van der Waals surface area contributed by atoms with Crippen molar-refractivity contribution < 1.29 is 9.53 Å². The zero-order valence-electron chi connectivity index (χ0n) is 8.79. The normalized spacial score (nSPS) is 21.3. The highest BCUT2D eigenvalue weighted by atomic mass is 32.1. The van der Waals surface area contributed by atoms with Gasteiger partial charge in [0.05, 0.1) is 13.2 Å². The summed E-state index contributed by atoms with van der Waals surface area (Å²) in [6.45, 7) is 0.949. The average Bonchev–Trinajstić information content (AvgIpc) is 2.77. The molecule has 1 unspecified atom stereocenters. The van der Waals surface area contributed by atoms with Gasteiger partial charge in [-0.3, -0.25) is 4.79 Å². The zero-order valence-corrected chi connectivity index (χ0v) is 9.60. The number of rotatable bonds is 3. The van der Waals surface area contributed by atoms with Crippen LogP contribution in [0.4, 0.5) is 0 Å². The van der Waals surface area contributed by atoms with Crippen LogP contribution in [0, 0.1) is 0 Å². The standard InChI is InChI=1S/C11H15NO2S/c1-14-9-5-7-15-11(9)10(13)8-4-2-3-6-12-8/h5,7-8,12H,2-4,6H2,1H3. The first-order valence-electron chi connectivity index (χ1n) is 5.22. The first-order chi connectivity index (χ1) is 7.33. The van der Waals surface area contributed by atoms with Crippen LogP contribution < -0.4 is 10.1 Å². The van der Waals surface area contributed by atoms with Crippen LogP contribution in [0.3, 0.4) is 0 Å². The lowest BCUT2D eigenvalue weighted by molar-refractivity contribution is 0.0928. The van der Waals surface area contributed by atoms with E-state index in [1.165, 1.54) is 17.8 Å². The number of ketones is 1. The maximum atomic E-state index is 12.1. The van der Waals surface area contributed by atoms with E-state index >= 15 is 0 Å². The lowest BCUT2D eigenvalue weighted by Gasteiger charge is -2.21. The Labute approximate surface area is 93.4 Å². The molecule has 0 amide bonds. The first-order valence-corrected chi connectivity index (χ1v) is 6.10. The summed E-state index contributed by atoms with van der Waals surface area (Å²) in [4.78, 5) is 12.9. The molecule has 0 aromatic carbocycles. The Hall–Kier alpha value is -0.870. The molecule has 2 heterocycles. The van der Waals surface area contributed by atoms with Gasteiger partial charge < -0.3 is 10.1 Å². The third-order valence-corrected chi connectivity index (χ3v) is 3.61. The number of nitrogens with one attached hydrogen (secondary N) is 1. The molecule has 1 atom stereocenters. The maximum absolute atomic E-state index is 12.1. The largest absolute Gasteiger partial charge is 0.495 e. The molecule has 0 aliphatic carbocycles. The van der Waals surface area contributed by atoms with Gasteiger partial charge in [-0.05, 0) is 30.8 Å². The molecule has 4 heteroatoms. The summed E-state index contributed by atoms with van der Waals surface area (Å²) in [5.74, 6) is 0.888. The number of carbonyl (C=O) groups is 1. The van der Waals surface area contributed by atoms with Crippen LogP contribution in [0.25, 0.3) is 0 Å². The van der Waals surface area contributed by atoms with E-state index in [1.807, 2.05) is 11.4 Å². The van der Waals surface area contributed by atoms with Crippen molar-refractivity contribution in [3.05, 3.63) is 16.3 Å². The summed E-state index contributed by atoms with van der Waals surface area (Å²) in [7, 11) is 1.60. The highest BCUT2D eigenvalue weighted by molar-refractivity contribution is 7.12. The van der Waals surface area contributed by atoms with Crippen LogP contribution in [-0.2, 0) is 0 Å². The third kappa shape index (κ3) is 2.21. The lowest BCUT2D eigenvalue weighted by atomic mass is 10.0. The van der Waals surface area contributed by atoms with E-state index in [-0.39, 0.29) is 11.8 Å². The predicted molar refractivity (Wildman–Crippen MR) is 60.8 cm³/mol. The summed E-state index contributed by atoms with van der Waals surface area (Å²) in [6, 6.07) is 1.84. The fraction of sp³-hybridized carbons (Fsp3) is 0.545. The Balaban J connectivity index is 2.12. The fourth-order valence-electron chi connectivity index (χ4n) is 1.87. The van der Waals surface area contributed by atoms with Crippen molar-refractivity contribution in [3.63, 3.8) is 0 Å². The van der Waals surface area contributed by atoms with Crippen LogP contribution in [0.15, 0.2) is 11.4 Å². The Bertz CT molecular complexity index is 342. The minimum Gasteiger partial charge on any atom is -0.495 e. The summed E-state index contributed by atoms with van der Waals surface area (Å²) in [5, 5.41) is 5.16. The summed E-state index contributed by atoms with van der Waals surface area (Å²) < 4.78 is 5.16. The van der Waals surface area contributed by atoms with E-state index in [0.29, 0.717) is 5.75 Å². The van der Waals surface area contributed by atoms with Gasteiger partial charge in [0, 0.05) is 0 Å². The van der Waals surface area contributed by atoms with E-state index < -0.39 is 0 Å². The summed E-state index contributed by atoms with van der Waals surface area (Å²) in [5.41, 5.74) is 0. The minimum atomic E-state index is -0.00806. The number of ether oxygens (including phenoxy) is 1. The molecule has 1 aliphatic rings. The van der Waals surface area contributed by atoms with Gasteiger partial charge in [-0.25, -0.2) is 0 Å². The fourth-order valence-corrected chi connectivity index (χ4v) is 2.73. The van der Waals surface area contributed by atoms with Gasteiger partial charge in [0.15, 0.2) is 5.78 Å². The van der Waals surface area contributed by atoms with Crippen molar-refractivity contribution in [1.82, 2.24) is 5.32 Å². The smallest absolute Gasteiger partial charge is 0.193 e. The Kier molecular flexibility index (Phi) is 3.38. The van der Waals surface area contributed by atoms with Gasteiger partial charge in [-0.1, -0.05) is 6.42 Å². The van der Waals surface area contributed by atoms with Gasteiger partial charge >= 0.3 is 0 Å². The van der Waals surface area contributed by atoms with Gasteiger partial charge in [0.2, 0.25) is 0 Å². The van der Waals surface area contributed by atoms with Crippen molar-refractivity contribution in [1.29, 1.82) is 0 Å². The third-order valence-electron chi connectivity index (χ3n) is 2.70. The molecule has 1 saturated heterocycles. The topological polar surface area (TPSA) is 38.3 Å². The number of methoxy groups -OCH3 is 1. The molecular formula is C11H15NO2S. The van der Waals surface area contributed by atoms with Gasteiger partial charge in [0.1, 0.15) is 10.6 Å². The van der Waals surface area contributed by atoms with Crippen molar-refractivity contribution in [2.24, 2.45) is 0 Å². The lowest BCUT2D eigenvalue weighted by Crippen LogP contribution is -2.40. The Morgan fingerprint density at radius 2 is 2.47 bits per heavy atom. The van der Waals surface area contributed by atoms with Crippen LogP contribution >= 0.6 is 11.3 Å². The molecule has 2 rings (SSSR count). The van der Waals surface area contributed by atoms with Crippen molar-refractivity contribution >= 4 is 17.1 Å². The SMILES string of the molecule is COc1ccsc1C(=O)C1CCCCN1. The first kappa shape index (κ1) is 10.6. The van der Waals surface area contributed by atoms with E-state index in [4.69, 9.17) is 4.74 Å². The average molecular weight is 225 g/mol. The summed E-state index contributed by atoms with van der Waals surface area (Å²) >= 11 is 1.46. The second-order valence-corrected chi connectivity index (χ2v) is 4.60. The molecule has 1 fully saturated rings. The maximum Gasteiger partial charge on any atom is 0.193 e. The number of hydrogen-bond acceptors (Lipinski definition) is 4. The number of Topliss-reactive ketones (excluding diaryl/α,β-unsaturated/α-hetero) is 1. The van der Waals surface area contributed by atoms with Gasteiger partial charge in [-0.2, -0.15) is 0 Å². The second kappa shape index (κ2) is 4.77. The van der Waals surface area contributed by atoms with Crippen molar-refractivity contribution in [3.8, 4) is 5.75 Å². The van der Waals surface area contributed by atoms with Crippen LogP contribution in [-0.4, -0.2) is 25.5 Å². The van der Waals surface area contributed by atoms with Crippen molar-refractivity contribution in [2.45, 2.75) is 25.3 Å². The number of thiophene rings is 1. The monoisotopic (exact) mass is 225 g/mol. The molecule has 1 N–H and O–H groups in total. The van der Waals surface area contributed by atoms with E-state index in [1.54, 1.807) is 7.11 Å². The Morgan fingerprint density at radius 1 is 1.60 bits per heavy atom. The number of piperidine rings is 1. The second-order valence-electron chi connectivity index (χ2n) is 3.68. The van der Waals surface area contributed by atoms with E-state index in [9.17, 15) is 4.79 Å². The highest BCUT2D eigenvalue weighted by Crippen LogP contribution is 2.27. The highest BCUT2D eigenvalue weighted by Gasteiger charge is 2.25. The molecule has 1 aromatic rings. The van der Waals surface area contributed by atoms with Crippen LogP contribution in [0.2, 0.25) is 0 Å². The summed E-state index contributed by atoms with van der Waals surface area (Å²) in [6.07, 6.45) is 3.25. The van der Waals surface area contributed by atoms with Crippen LogP contribution in [0.1, 0.15) is 28.9 Å². The van der Waals surface area contributed by atoms with E-state index in [2.05, 4.69) is 5.32 Å². The molecule has 82 valence electrons. The number of hydrogen-bond donors (Lipinski definition) is 1. The molecule has 1 aromatic heterocycles. The zero-order chi connectivity index (χ0) is 10.7. The molecule has 0 saturated carbocycles. The Morgan fingerprint density at radius 3 is 3.13 bits per heavy atom. The molecule has 1 aliphatic heterocycles. The van der Waals surface area contributed by atoms with Crippen LogP contribution in [0.5, 0.6) is 5.75 Å². The van der Waals surface area contributed by atoms with E-state index in [0.717, 1.165) is 24.3 Å². The van der Waals surface area contributed by atoms with Gasteiger partial charge in [-0.15, -0.1) is 11.3 Å². The van der Waals surface area contributed by atoms with Crippen molar-refractivity contribution in [2.75, 3.05) is 13.7 Å². The van der Waals surface area contributed by atoms with Gasteiger partial charge in [0.25, 0.3) is 0 Å². The molecule has 0 bridgehead atoms.